The number of pyridine rings is 1. The van der Waals surface area contributed by atoms with E-state index in [2.05, 4.69) is 6.58 Å². The third-order valence-corrected chi connectivity index (χ3v) is 3.80. The van der Waals surface area contributed by atoms with Crippen molar-refractivity contribution in [2.24, 2.45) is 0 Å². The largest absolute Gasteiger partial charge is 0.280 e. The van der Waals surface area contributed by atoms with Crippen LogP contribution in [0.4, 0.5) is 8.78 Å². The van der Waals surface area contributed by atoms with Gasteiger partial charge in [-0.05, 0) is 54.6 Å². The summed E-state index contributed by atoms with van der Waals surface area (Å²) in [5, 5.41) is 0.805. The SMILES string of the molecule is C=C(C)c1cn(-c2cc(C)ccc2F)c(=O)c2cc(F)ccc12. The molecule has 0 N–H and O–H groups in total. The predicted octanol–water partition coefficient (Wildman–Crippen LogP) is 4.61. The molecule has 2 nitrogen and oxygen atoms in total. The topological polar surface area (TPSA) is 22.0 Å². The minimum Gasteiger partial charge on any atom is -0.280 e. The molecule has 0 bridgehead atoms. The van der Waals surface area contributed by atoms with Crippen molar-refractivity contribution in [1.29, 1.82) is 0 Å². The second kappa shape index (κ2) is 5.47. The molecule has 0 spiro atoms. The average Bonchev–Trinajstić information content (AvgIpc) is 2.50. The van der Waals surface area contributed by atoms with Crippen molar-refractivity contribution in [1.82, 2.24) is 4.57 Å². The summed E-state index contributed by atoms with van der Waals surface area (Å²) in [6.45, 7) is 7.50. The summed E-state index contributed by atoms with van der Waals surface area (Å²) in [5.41, 5.74) is 1.89. The summed E-state index contributed by atoms with van der Waals surface area (Å²) in [7, 11) is 0. The van der Waals surface area contributed by atoms with Gasteiger partial charge in [-0.15, -0.1) is 0 Å². The molecule has 0 fully saturated rings. The Morgan fingerprint density at radius 1 is 1.09 bits per heavy atom. The van der Waals surface area contributed by atoms with Gasteiger partial charge in [0.2, 0.25) is 0 Å². The summed E-state index contributed by atoms with van der Waals surface area (Å²) in [4.78, 5) is 12.7. The van der Waals surface area contributed by atoms with Gasteiger partial charge >= 0.3 is 0 Å². The van der Waals surface area contributed by atoms with Crippen LogP contribution in [0.1, 0.15) is 18.1 Å². The molecule has 0 aliphatic carbocycles. The minimum atomic E-state index is -0.513. The zero-order valence-corrected chi connectivity index (χ0v) is 12.9. The number of allylic oxidation sites excluding steroid dienone is 1. The lowest BCUT2D eigenvalue weighted by atomic mass is 10.0. The number of aromatic nitrogens is 1. The van der Waals surface area contributed by atoms with Gasteiger partial charge in [-0.1, -0.05) is 18.7 Å². The number of halogens is 2. The smallest absolute Gasteiger partial charge is 0.263 e. The van der Waals surface area contributed by atoms with Crippen LogP contribution < -0.4 is 5.56 Å². The highest BCUT2D eigenvalue weighted by atomic mass is 19.1. The van der Waals surface area contributed by atoms with Gasteiger partial charge < -0.3 is 0 Å². The molecule has 3 aromatic rings. The maximum absolute atomic E-state index is 14.2. The van der Waals surface area contributed by atoms with E-state index in [-0.39, 0.29) is 11.1 Å². The van der Waals surface area contributed by atoms with Gasteiger partial charge in [-0.3, -0.25) is 9.36 Å². The predicted molar refractivity (Wildman–Crippen MR) is 88.9 cm³/mol. The number of rotatable bonds is 2. The third-order valence-electron chi connectivity index (χ3n) is 3.80. The first-order chi connectivity index (χ1) is 10.9. The highest BCUT2D eigenvalue weighted by molar-refractivity contribution is 5.92. The first-order valence-electron chi connectivity index (χ1n) is 7.16. The molecular weight excluding hydrogens is 296 g/mol. The normalized spacial score (nSPS) is 11.0. The van der Waals surface area contributed by atoms with E-state index in [1.54, 1.807) is 31.3 Å². The molecule has 0 saturated carbocycles. The molecular formula is C19H15F2NO. The van der Waals surface area contributed by atoms with Crippen LogP contribution in [0.25, 0.3) is 22.0 Å². The maximum atomic E-state index is 14.2. The molecule has 116 valence electrons. The lowest BCUT2D eigenvalue weighted by Crippen LogP contribution is -2.20. The fourth-order valence-electron chi connectivity index (χ4n) is 2.64. The van der Waals surface area contributed by atoms with Crippen LogP contribution in [0.2, 0.25) is 0 Å². The molecule has 23 heavy (non-hydrogen) atoms. The summed E-state index contributed by atoms with van der Waals surface area (Å²) in [6, 6.07) is 8.55. The number of hydrogen-bond donors (Lipinski definition) is 0. The third kappa shape index (κ3) is 2.57. The Morgan fingerprint density at radius 3 is 2.52 bits per heavy atom. The van der Waals surface area contributed by atoms with E-state index in [9.17, 15) is 13.6 Å². The Balaban J connectivity index is 2.47. The summed E-state index contributed by atoms with van der Waals surface area (Å²) >= 11 is 0. The number of fused-ring (bicyclic) bond motifs is 1. The Hall–Kier alpha value is -2.75. The number of benzene rings is 2. The van der Waals surface area contributed by atoms with Gasteiger partial charge in [0.15, 0.2) is 0 Å². The first-order valence-corrected chi connectivity index (χ1v) is 7.16. The highest BCUT2D eigenvalue weighted by Gasteiger charge is 2.14. The van der Waals surface area contributed by atoms with Crippen molar-refractivity contribution in [3.8, 4) is 5.69 Å². The van der Waals surface area contributed by atoms with Crippen molar-refractivity contribution in [3.05, 3.63) is 82.3 Å². The molecule has 0 atom stereocenters. The standard InChI is InChI=1S/C19H15F2NO/c1-11(2)16-10-22(18-8-12(3)4-7-17(18)21)19(23)15-9-13(20)5-6-14(15)16/h4-10H,1H2,2-3H3. The van der Waals surface area contributed by atoms with Gasteiger partial charge in [0.1, 0.15) is 11.6 Å². The minimum absolute atomic E-state index is 0.142. The van der Waals surface area contributed by atoms with E-state index in [1.165, 1.54) is 22.8 Å². The van der Waals surface area contributed by atoms with E-state index in [1.807, 2.05) is 6.92 Å². The van der Waals surface area contributed by atoms with E-state index in [0.29, 0.717) is 16.5 Å². The van der Waals surface area contributed by atoms with Crippen LogP contribution in [-0.2, 0) is 0 Å². The van der Waals surface area contributed by atoms with E-state index < -0.39 is 17.2 Å². The molecule has 0 radical (unpaired) electrons. The second-order valence-electron chi connectivity index (χ2n) is 5.64. The Kier molecular flexibility index (Phi) is 3.60. The Morgan fingerprint density at radius 2 is 1.83 bits per heavy atom. The molecule has 2 aromatic carbocycles. The van der Waals surface area contributed by atoms with Crippen LogP contribution in [0.3, 0.4) is 0 Å². The summed E-state index contributed by atoms with van der Waals surface area (Å²) < 4.78 is 29.0. The van der Waals surface area contributed by atoms with E-state index in [0.717, 1.165) is 5.56 Å². The molecule has 0 aliphatic heterocycles. The number of hydrogen-bond acceptors (Lipinski definition) is 1. The Bertz CT molecular complexity index is 1000. The lowest BCUT2D eigenvalue weighted by molar-refractivity contribution is 0.616. The zero-order chi connectivity index (χ0) is 16.7. The van der Waals surface area contributed by atoms with Crippen LogP contribution in [-0.4, -0.2) is 4.57 Å². The molecule has 3 rings (SSSR count). The van der Waals surface area contributed by atoms with Crippen LogP contribution >= 0.6 is 0 Å². The van der Waals surface area contributed by atoms with Crippen molar-refractivity contribution in [3.63, 3.8) is 0 Å². The van der Waals surface area contributed by atoms with E-state index in [4.69, 9.17) is 0 Å². The molecule has 0 saturated heterocycles. The van der Waals surface area contributed by atoms with Gasteiger partial charge in [0, 0.05) is 11.8 Å². The number of nitrogens with zero attached hydrogens (tertiary/aromatic N) is 1. The van der Waals surface area contributed by atoms with Crippen LogP contribution in [0.15, 0.2) is 54.0 Å². The molecule has 0 aliphatic rings. The van der Waals surface area contributed by atoms with Gasteiger partial charge in [0.05, 0.1) is 11.1 Å². The number of aryl methyl sites for hydroxylation is 1. The molecule has 1 aromatic heterocycles. The monoisotopic (exact) mass is 311 g/mol. The van der Waals surface area contributed by atoms with Gasteiger partial charge in [-0.2, -0.15) is 0 Å². The fourth-order valence-corrected chi connectivity index (χ4v) is 2.64. The lowest BCUT2D eigenvalue weighted by Gasteiger charge is -2.13. The maximum Gasteiger partial charge on any atom is 0.263 e. The van der Waals surface area contributed by atoms with Crippen molar-refractivity contribution < 1.29 is 8.78 Å². The fraction of sp³-hybridized carbons (Fsp3) is 0.105. The van der Waals surface area contributed by atoms with Crippen LogP contribution in [0, 0.1) is 18.6 Å². The molecule has 0 unspecified atom stereocenters. The highest BCUT2D eigenvalue weighted by Crippen LogP contribution is 2.24. The average molecular weight is 311 g/mol. The van der Waals surface area contributed by atoms with Crippen molar-refractivity contribution in [2.75, 3.05) is 0 Å². The van der Waals surface area contributed by atoms with Crippen LogP contribution in [0.5, 0.6) is 0 Å². The van der Waals surface area contributed by atoms with E-state index >= 15 is 0 Å². The second-order valence-corrected chi connectivity index (χ2v) is 5.64. The Labute approximate surface area is 132 Å². The van der Waals surface area contributed by atoms with Gasteiger partial charge in [-0.25, -0.2) is 8.78 Å². The molecule has 4 heteroatoms. The summed E-state index contributed by atoms with van der Waals surface area (Å²) in [6.07, 6.45) is 1.56. The molecule has 0 amide bonds. The molecule has 1 heterocycles. The summed E-state index contributed by atoms with van der Waals surface area (Å²) in [5.74, 6) is -1.02. The zero-order valence-electron chi connectivity index (χ0n) is 12.9. The van der Waals surface area contributed by atoms with Crippen molar-refractivity contribution in [2.45, 2.75) is 13.8 Å². The first kappa shape index (κ1) is 15.2. The quantitative estimate of drug-likeness (QED) is 0.677. The van der Waals surface area contributed by atoms with Gasteiger partial charge in [0.25, 0.3) is 5.56 Å². The van der Waals surface area contributed by atoms with Crippen molar-refractivity contribution >= 4 is 16.3 Å².